The van der Waals surface area contributed by atoms with E-state index in [9.17, 15) is 0 Å². The molecule has 12 heavy (non-hydrogen) atoms. The molecular weight excluding hydrogens is 216 g/mol. The van der Waals surface area contributed by atoms with E-state index in [0.29, 0.717) is 5.92 Å². The van der Waals surface area contributed by atoms with Gasteiger partial charge in [0.1, 0.15) is 0 Å². The van der Waals surface area contributed by atoms with Crippen LogP contribution in [0.5, 0.6) is 0 Å². The maximum atomic E-state index is 4.37. The zero-order valence-corrected chi connectivity index (χ0v) is 8.34. The molecule has 1 N–H and O–H groups in total. The Morgan fingerprint density at radius 3 is 3.17 bits per heavy atom. The maximum absolute atomic E-state index is 4.37. The molecule has 1 atom stereocenters. The molecule has 1 aromatic heterocycles. The van der Waals surface area contributed by atoms with Gasteiger partial charge in [-0.15, -0.1) is 0 Å². The summed E-state index contributed by atoms with van der Waals surface area (Å²) >= 11 is 3.52. The van der Waals surface area contributed by atoms with E-state index < -0.39 is 0 Å². The van der Waals surface area contributed by atoms with Gasteiger partial charge < -0.3 is 5.32 Å². The summed E-state index contributed by atoms with van der Waals surface area (Å²) in [6, 6.07) is 4.01. The third-order valence-electron chi connectivity index (χ3n) is 2.23. The van der Waals surface area contributed by atoms with Crippen LogP contribution in [0.25, 0.3) is 0 Å². The van der Waals surface area contributed by atoms with E-state index in [1.807, 2.05) is 12.3 Å². The van der Waals surface area contributed by atoms with Crippen molar-refractivity contribution in [2.75, 3.05) is 13.1 Å². The molecule has 0 aromatic carbocycles. The Labute approximate surface area is 80.5 Å². The molecule has 0 radical (unpaired) electrons. The summed E-state index contributed by atoms with van der Waals surface area (Å²) in [6.45, 7) is 2.18. The second-order valence-corrected chi connectivity index (χ2v) is 3.91. The zero-order valence-electron chi connectivity index (χ0n) is 6.76. The average molecular weight is 227 g/mol. The monoisotopic (exact) mass is 226 g/mol. The number of aromatic nitrogens is 1. The summed E-state index contributed by atoms with van der Waals surface area (Å²) < 4.78 is 1.14. The van der Waals surface area contributed by atoms with Crippen LogP contribution in [0.15, 0.2) is 22.8 Å². The van der Waals surface area contributed by atoms with Crippen molar-refractivity contribution < 1.29 is 0 Å². The van der Waals surface area contributed by atoms with Crippen molar-refractivity contribution in [3.05, 3.63) is 28.5 Å². The molecule has 1 aliphatic heterocycles. The minimum atomic E-state index is 0.598. The Kier molecular flexibility index (Phi) is 2.42. The molecule has 0 aliphatic carbocycles. The van der Waals surface area contributed by atoms with Crippen LogP contribution in [0.3, 0.4) is 0 Å². The van der Waals surface area contributed by atoms with E-state index in [1.54, 1.807) is 0 Å². The first-order valence-electron chi connectivity index (χ1n) is 4.19. The molecule has 2 rings (SSSR count). The molecule has 3 heteroatoms. The SMILES string of the molecule is Brc1cccnc1C1CCNC1. The molecule has 2 nitrogen and oxygen atoms in total. The van der Waals surface area contributed by atoms with Crippen molar-refractivity contribution in [3.8, 4) is 0 Å². The summed E-state index contributed by atoms with van der Waals surface area (Å²) in [4.78, 5) is 4.37. The van der Waals surface area contributed by atoms with Crippen LogP contribution in [-0.2, 0) is 0 Å². The molecule has 0 bridgehead atoms. The van der Waals surface area contributed by atoms with Crippen LogP contribution in [0, 0.1) is 0 Å². The van der Waals surface area contributed by atoms with Gasteiger partial charge in [-0.05, 0) is 41.0 Å². The van der Waals surface area contributed by atoms with E-state index in [2.05, 4.69) is 32.3 Å². The molecule has 1 saturated heterocycles. The van der Waals surface area contributed by atoms with Crippen LogP contribution in [-0.4, -0.2) is 18.1 Å². The minimum Gasteiger partial charge on any atom is -0.316 e. The summed E-state index contributed by atoms with van der Waals surface area (Å²) in [5, 5.41) is 3.34. The van der Waals surface area contributed by atoms with Gasteiger partial charge in [0.25, 0.3) is 0 Å². The van der Waals surface area contributed by atoms with Gasteiger partial charge in [0.2, 0.25) is 0 Å². The lowest BCUT2D eigenvalue weighted by Gasteiger charge is -2.08. The normalized spacial score (nSPS) is 22.9. The lowest BCUT2D eigenvalue weighted by molar-refractivity contribution is 0.730. The first-order valence-corrected chi connectivity index (χ1v) is 4.98. The summed E-state index contributed by atoms with van der Waals surface area (Å²) in [7, 11) is 0. The Bertz CT molecular complexity index is 269. The highest BCUT2D eigenvalue weighted by atomic mass is 79.9. The van der Waals surface area contributed by atoms with Crippen molar-refractivity contribution in [3.63, 3.8) is 0 Å². The molecule has 0 amide bonds. The third kappa shape index (κ3) is 1.52. The van der Waals surface area contributed by atoms with Crippen molar-refractivity contribution >= 4 is 15.9 Å². The lowest BCUT2D eigenvalue weighted by Crippen LogP contribution is -2.09. The molecule has 2 heterocycles. The smallest absolute Gasteiger partial charge is 0.0589 e. The van der Waals surface area contributed by atoms with Gasteiger partial charge in [-0.2, -0.15) is 0 Å². The highest BCUT2D eigenvalue weighted by Gasteiger charge is 2.19. The standard InChI is InChI=1S/C9H11BrN2/c10-8-2-1-4-12-9(8)7-3-5-11-6-7/h1-2,4,7,11H,3,5-6H2. The van der Waals surface area contributed by atoms with Gasteiger partial charge in [-0.25, -0.2) is 0 Å². The van der Waals surface area contributed by atoms with Crippen molar-refractivity contribution in [1.82, 2.24) is 10.3 Å². The summed E-state index contributed by atoms with van der Waals surface area (Å²) in [5.74, 6) is 0.598. The number of halogens is 1. The average Bonchev–Trinajstić information content (AvgIpc) is 2.57. The van der Waals surface area contributed by atoms with Crippen LogP contribution in [0.1, 0.15) is 18.0 Å². The summed E-state index contributed by atoms with van der Waals surface area (Å²) in [6.07, 6.45) is 3.06. The van der Waals surface area contributed by atoms with Crippen LogP contribution >= 0.6 is 15.9 Å². The molecule has 0 spiro atoms. The van der Waals surface area contributed by atoms with E-state index >= 15 is 0 Å². The van der Waals surface area contributed by atoms with E-state index in [4.69, 9.17) is 0 Å². The van der Waals surface area contributed by atoms with Crippen molar-refractivity contribution in [1.29, 1.82) is 0 Å². The van der Waals surface area contributed by atoms with Gasteiger partial charge in [0, 0.05) is 23.1 Å². The Morgan fingerprint density at radius 1 is 1.58 bits per heavy atom. The van der Waals surface area contributed by atoms with E-state index in [-0.39, 0.29) is 0 Å². The first kappa shape index (κ1) is 8.20. The molecular formula is C9H11BrN2. The Hall–Kier alpha value is -0.410. The second-order valence-electron chi connectivity index (χ2n) is 3.06. The van der Waals surface area contributed by atoms with Gasteiger partial charge in [0.15, 0.2) is 0 Å². The fourth-order valence-corrected chi connectivity index (χ4v) is 2.17. The van der Waals surface area contributed by atoms with Gasteiger partial charge in [-0.1, -0.05) is 0 Å². The third-order valence-corrected chi connectivity index (χ3v) is 2.90. The van der Waals surface area contributed by atoms with Crippen LogP contribution in [0.4, 0.5) is 0 Å². The zero-order chi connectivity index (χ0) is 8.39. The highest BCUT2D eigenvalue weighted by molar-refractivity contribution is 9.10. The molecule has 1 unspecified atom stereocenters. The second kappa shape index (κ2) is 3.54. The number of hydrogen-bond acceptors (Lipinski definition) is 2. The number of rotatable bonds is 1. The number of hydrogen-bond donors (Lipinski definition) is 1. The lowest BCUT2D eigenvalue weighted by atomic mass is 10.0. The Balaban J connectivity index is 2.26. The van der Waals surface area contributed by atoms with Gasteiger partial charge in [-0.3, -0.25) is 4.98 Å². The summed E-state index contributed by atoms with van der Waals surface area (Å²) in [5.41, 5.74) is 1.20. The number of nitrogens with one attached hydrogen (secondary N) is 1. The predicted molar refractivity (Wildman–Crippen MR) is 52.2 cm³/mol. The molecule has 64 valence electrons. The number of nitrogens with zero attached hydrogens (tertiary/aromatic N) is 1. The fourth-order valence-electron chi connectivity index (χ4n) is 1.59. The van der Waals surface area contributed by atoms with Gasteiger partial charge >= 0.3 is 0 Å². The topological polar surface area (TPSA) is 24.9 Å². The largest absolute Gasteiger partial charge is 0.316 e. The molecule has 1 aliphatic rings. The van der Waals surface area contributed by atoms with Crippen LogP contribution < -0.4 is 5.32 Å². The maximum Gasteiger partial charge on any atom is 0.0589 e. The predicted octanol–water partition coefficient (Wildman–Crippen LogP) is 1.92. The number of pyridine rings is 1. The Morgan fingerprint density at radius 2 is 2.50 bits per heavy atom. The minimum absolute atomic E-state index is 0.598. The fraction of sp³-hybridized carbons (Fsp3) is 0.444. The molecule has 1 aromatic rings. The van der Waals surface area contributed by atoms with Crippen LogP contribution in [0.2, 0.25) is 0 Å². The molecule has 1 fully saturated rings. The quantitative estimate of drug-likeness (QED) is 0.792. The van der Waals surface area contributed by atoms with Crippen molar-refractivity contribution in [2.24, 2.45) is 0 Å². The van der Waals surface area contributed by atoms with E-state index in [0.717, 1.165) is 17.6 Å². The van der Waals surface area contributed by atoms with Gasteiger partial charge in [0.05, 0.1) is 5.69 Å². The molecule has 0 saturated carbocycles. The van der Waals surface area contributed by atoms with Crippen molar-refractivity contribution in [2.45, 2.75) is 12.3 Å². The highest BCUT2D eigenvalue weighted by Crippen LogP contribution is 2.26. The van der Waals surface area contributed by atoms with E-state index in [1.165, 1.54) is 12.1 Å². The first-order chi connectivity index (χ1) is 5.88.